The monoisotopic (exact) mass is 283 g/mol. The number of esters is 1. The zero-order valence-electron chi connectivity index (χ0n) is 11.2. The molecule has 0 saturated carbocycles. The van der Waals surface area contributed by atoms with E-state index in [0.29, 0.717) is 5.56 Å². The Morgan fingerprint density at radius 2 is 1.95 bits per heavy atom. The Morgan fingerprint density at radius 3 is 2.47 bits per heavy atom. The van der Waals surface area contributed by atoms with Gasteiger partial charge in [-0.15, -0.1) is 11.3 Å². The Morgan fingerprint density at radius 1 is 1.26 bits per heavy atom. The van der Waals surface area contributed by atoms with E-state index in [9.17, 15) is 14.4 Å². The third kappa shape index (κ3) is 4.82. The molecule has 1 aromatic heterocycles. The maximum Gasteiger partial charge on any atom is 0.325 e. The summed E-state index contributed by atoms with van der Waals surface area (Å²) in [7, 11) is 1.25. The van der Waals surface area contributed by atoms with Gasteiger partial charge in [0.2, 0.25) is 5.91 Å². The number of rotatable bonds is 6. The van der Waals surface area contributed by atoms with Crippen molar-refractivity contribution in [1.82, 2.24) is 5.32 Å². The van der Waals surface area contributed by atoms with Crippen LogP contribution in [0.15, 0.2) is 6.07 Å². The number of aryl methyl sites for hydroxylation is 2. The van der Waals surface area contributed by atoms with Crippen LogP contribution in [0.2, 0.25) is 0 Å². The second kappa shape index (κ2) is 7.04. The summed E-state index contributed by atoms with van der Waals surface area (Å²) < 4.78 is 4.39. The van der Waals surface area contributed by atoms with Crippen LogP contribution in [0, 0.1) is 13.8 Å². The quantitative estimate of drug-likeness (QED) is 0.636. The predicted molar refractivity (Wildman–Crippen MR) is 72.4 cm³/mol. The third-order valence-electron chi connectivity index (χ3n) is 2.58. The SMILES string of the molecule is COC(=O)CNC(=O)CCC(=O)c1cc(C)sc1C. The molecule has 0 bridgehead atoms. The second-order valence-electron chi connectivity index (χ2n) is 4.10. The largest absolute Gasteiger partial charge is 0.468 e. The van der Waals surface area contributed by atoms with Gasteiger partial charge in [-0.3, -0.25) is 14.4 Å². The Kier molecular flexibility index (Phi) is 5.69. The van der Waals surface area contributed by atoms with Gasteiger partial charge in [-0.05, 0) is 19.9 Å². The minimum Gasteiger partial charge on any atom is -0.468 e. The number of carbonyl (C=O) groups is 3. The molecule has 1 rings (SSSR count). The van der Waals surface area contributed by atoms with Gasteiger partial charge in [0.05, 0.1) is 7.11 Å². The van der Waals surface area contributed by atoms with Gasteiger partial charge in [-0.1, -0.05) is 0 Å². The summed E-state index contributed by atoms with van der Waals surface area (Å²) in [5, 5.41) is 2.40. The first kappa shape index (κ1) is 15.4. The minimum absolute atomic E-state index is 0.0462. The summed E-state index contributed by atoms with van der Waals surface area (Å²) in [4.78, 5) is 36.2. The van der Waals surface area contributed by atoms with Crippen molar-refractivity contribution < 1.29 is 19.1 Å². The first-order valence-electron chi connectivity index (χ1n) is 5.87. The van der Waals surface area contributed by atoms with E-state index < -0.39 is 5.97 Å². The van der Waals surface area contributed by atoms with Crippen LogP contribution in [0.3, 0.4) is 0 Å². The van der Waals surface area contributed by atoms with Crippen LogP contribution in [-0.2, 0) is 14.3 Å². The fourth-order valence-electron chi connectivity index (χ4n) is 1.60. The summed E-state index contributed by atoms with van der Waals surface area (Å²) in [6.45, 7) is 3.67. The van der Waals surface area contributed by atoms with Gasteiger partial charge in [0.1, 0.15) is 6.54 Å². The predicted octanol–water partition coefficient (Wildman–Crippen LogP) is 1.62. The summed E-state index contributed by atoms with van der Waals surface area (Å²) in [6.07, 6.45) is 0.216. The molecule has 1 N–H and O–H groups in total. The molecule has 0 aliphatic carbocycles. The fourth-order valence-corrected chi connectivity index (χ4v) is 2.54. The van der Waals surface area contributed by atoms with E-state index in [-0.39, 0.29) is 31.1 Å². The van der Waals surface area contributed by atoms with Gasteiger partial charge < -0.3 is 10.1 Å². The summed E-state index contributed by atoms with van der Waals surface area (Å²) in [5.41, 5.74) is 0.684. The zero-order chi connectivity index (χ0) is 14.4. The van der Waals surface area contributed by atoms with Crippen LogP contribution < -0.4 is 5.32 Å². The van der Waals surface area contributed by atoms with Crippen LogP contribution in [0.5, 0.6) is 0 Å². The van der Waals surface area contributed by atoms with Crippen molar-refractivity contribution in [3.8, 4) is 0 Å². The van der Waals surface area contributed by atoms with Gasteiger partial charge >= 0.3 is 5.97 Å². The average Bonchev–Trinajstić information content (AvgIpc) is 2.72. The number of hydrogen-bond acceptors (Lipinski definition) is 5. The Labute approximate surface area is 116 Å². The number of thiophene rings is 1. The molecule has 0 aliphatic rings. The molecule has 0 fully saturated rings. The number of hydrogen-bond donors (Lipinski definition) is 1. The van der Waals surface area contributed by atoms with Crippen molar-refractivity contribution >= 4 is 29.0 Å². The Balaban J connectivity index is 2.40. The molecule has 0 radical (unpaired) electrons. The standard InChI is InChI=1S/C13H17NO4S/c1-8-6-10(9(2)19-8)11(15)4-5-12(16)14-7-13(17)18-3/h6H,4-5,7H2,1-3H3,(H,14,16). The molecule has 1 aromatic rings. The number of Topliss-reactive ketones (excluding diaryl/α,β-unsaturated/α-hetero) is 1. The first-order valence-corrected chi connectivity index (χ1v) is 6.69. The lowest BCUT2D eigenvalue weighted by Gasteiger charge is -2.03. The number of methoxy groups -OCH3 is 1. The van der Waals surface area contributed by atoms with E-state index in [1.807, 2.05) is 19.9 Å². The number of ether oxygens (including phenoxy) is 1. The second-order valence-corrected chi connectivity index (χ2v) is 5.56. The highest BCUT2D eigenvalue weighted by molar-refractivity contribution is 7.12. The molecule has 0 aliphatic heterocycles. The Bertz CT molecular complexity index is 493. The molecular formula is C13H17NO4S. The van der Waals surface area contributed by atoms with Crippen LogP contribution in [0.25, 0.3) is 0 Å². The molecule has 6 heteroatoms. The highest BCUT2D eigenvalue weighted by Gasteiger charge is 2.14. The highest BCUT2D eigenvalue weighted by atomic mass is 32.1. The topological polar surface area (TPSA) is 72.5 Å². The van der Waals surface area contributed by atoms with Crippen LogP contribution >= 0.6 is 11.3 Å². The van der Waals surface area contributed by atoms with Gasteiger partial charge in [-0.2, -0.15) is 0 Å². The van der Waals surface area contributed by atoms with Gasteiger partial charge in [0.25, 0.3) is 0 Å². The lowest BCUT2D eigenvalue weighted by Crippen LogP contribution is -2.30. The number of amides is 1. The number of carbonyl (C=O) groups excluding carboxylic acids is 3. The lowest BCUT2D eigenvalue weighted by atomic mass is 10.1. The van der Waals surface area contributed by atoms with Crippen molar-refractivity contribution in [2.24, 2.45) is 0 Å². The minimum atomic E-state index is -0.510. The molecule has 0 unspecified atom stereocenters. The average molecular weight is 283 g/mol. The molecule has 0 atom stereocenters. The van der Waals surface area contributed by atoms with Crippen LogP contribution in [0.1, 0.15) is 33.0 Å². The smallest absolute Gasteiger partial charge is 0.325 e. The van der Waals surface area contributed by atoms with Crippen molar-refractivity contribution in [3.63, 3.8) is 0 Å². The van der Waals surface area contributed by atoms with Crippen molar-refractivity contribution in [2.75, 3.05) is 13.7 Å². The molecule has 1 heterocycles. The summed E-state index contributed by atoms with van der Waals surface area (Å²) in [5.74, 6) is -0.887. The first-order chi connectivity index (χ1) is 8.93. The zero-order valence-corrected chi connectivity index (χ0v) is 12.1. The highest BCUT2D eigenvalue weighted by Crippen LogP contribution is 2.22. The molecule has 0 spiro atoms. The van der Waals surface area contributed by atoms with Crippen LogP contribution in [0.4, 0.5) is 0 Å². The van der Waals surface area contributed by atoms with E-state index in [2.05, 4.69) is 10.1 Å². The van der Waals surface area contributed by atoms with Crippen molar-refractivity contribution in [3.05, 3.63) is 21.4 Å². The van der Waals surface area contributed by atoms with Gasteiger partial charge in [-0.25, -0.2) is 0 Å². The normalized spacial score (nSPS) is 10.1. The molecule has 19 heavy (non-hydrogen) atoms. The van der Waals surface area contributed by atoms with E-state index in [1.54, 1.807) is 11.3 Å². The third-order valence-corrected chi connectivity index (χ3v) is 3.54. The fraction of sp³-hybridized carbons (Fsp3) is 0.462. The Hall–Kier alpha value is -1.69. The maximum atomic E-state index is 11.9. The van der Waals surface area contributed by atoms with Gasteiger partial charge in [0, 0.05) is 28.2 Å². The van der Waals surface area contributed by atoms with E-state index >= 15 is 0 Å². The van der Waals surface area contributed by atoms with E-state index in [0.717, 1.165) is 9.75 Å². The maximum absolute atomic E-state index is 11.9. The van der Waals surface area contributed by atoms with Crippen molar-refractivity contribution in [1.29, 1.82) is 0 Å². The molecule has 0 saturated heterocycles. The molecule has 104 valence electrons. The number of nitrogens with one attached hydrogen (secondary N) is 1. The van der Waals surface area contributed by atoms with E-state index in [1.165, 1.54) is 7.11 Å². The van der Waals surface area contributed by atoms with Crippen LogP contribution in [-0.4, -0.2) is 31.3 Å². The molecule has 0 aromatic carbocycles. The molecule has 1 amide bonds. The molecule has 5 nitrogen and oxygen atoms in total. The summed E-state index contributed by atoms with van der Waals surface area (Å²) >= 11 is 1.57. The number of ketones is 1. The summed E-state index contributed by atoms with van der Waals surface area (Å²) in [6, 6.07) is 1.84. The lowest BCUT2D eigenvalue weighted by molar-refractivity contribution is -0.141. The molecular weight excluding hydrogens is 266 g/mol. The van der Waals surface area contributed by atoms with Gasteiger partial charge in [0.15, 0.2) is 5.78 Å². The van der Waals surface area contributed by atoms with E-state index in [4.69, 9.17) is 0 Å². The van der Waals surface area contributed by atoms with Crippen molar-refractivity contribution in [2.45, 2.75) is 26.7 Å².